The van der Waals surface area contributed by atoms with Gasteiger partial charge in [0.25, 0.3) is 0 Å². The van der Waals surface area contributed by atoms with E-state index in [1.165, 1.54) is 6.42 Å². The van der Waals surface area contributed by atoms with Gasteiger partial charge in [0, 0.05) is 0 Å². The molecule has 100 valence electrons. The molecule has 17 heavy (non-hydrogen) atoms. The van der Waals surface area contributed by atoms with E-state index in [0.717, 1.165) is 12.8 Å². The molecule has 0 spiro atoms. The molecule has 4 nitrogen and oxygen atoms in total. The Labute approximate surface area is 103 Å². The summed E-state index contributed by atoms with van der Waals surface area (Å²) in [6, 6.07) is 0. The van der Waals surface area contributed by atoms with Crippen molar-refractivity contribution in [3.63, 3.8) is 0 Å². The zero-order valence-electron chi connectivity index (χ0n) is 10.9. The number of hydrogen-bond donors (Lipinski definition) is 2. The minimum absolute atomic E-state index is 0.118. The van der Waals surface area contributed by atoms with E-state index in [1.807, 2.05) is 0 Å². The standard InChI is InChI=1S/C13H24O4/c1-8(2)10-5-4-9(3)6-12(10)17-13(16)11(15)7-14/h8-12,14-15H,4-7H2,1-3H3/t9?,10?,11-,12?/m0/s1. The van der Waals surface area contributed by atoms with Crippen LogP contribution < -0.4 is 0 Å². The van der Waals surface area contributed by atoms with Crippen molar-refractivity contribution in [1.29, 1.82) is 0 Å². The molecule has 1 aliphatic rings. The summed E-state index contributed by atoms with van der Waals surface area (Å²) in [5.41, 5.74) is 0. The van der Waals surface area contributed by atoms with Crippen LogP contribution in [-0.4, -0.2) is 35.0 Å². The molecule has 0 aromatic heterocycles. The van der Waals surface area contributed by atoms with Crippen LogP contribution in [0.4, 0.5) is 0 Å². The monoisotopic (exact) mass is 244 g/mol. The maximum atomic E-state index is 11.5. The molecule has 4 heteroatoms. The maximum absolute atomic E-state index is 11.5. The number of ether oxygens (including phenoxy) is 1. The largest absolute Gasteiger partial charge is 0.460 e. The van der Waals surface area contributed by atoms with E-state index in [9.17, 15) is 9.90 Å². The molecule has 0 radical (unpaired) electrons. The molecule has 2 N–H and O–H groups in total. The fourth-order valence-corrected chi connectivity index (χ4v) is 2.55. The van der Waals surface area contributed by atoms with E-state index >= 15 is 0 Å². The second-order valence-corrected chi connectivity index (χ2v) is 5.50. The van der Waals surface area contributed by atoms with Crippen molar-refractivity contribution in [1.82, 2.24) is 0 Å². The summed E-state index contributed by atoms with van der Waals surface area (Å²) in [4.78, 5) is 11.5. The number of rotatable bonds is 4. The van der Waals surface area contributed by atoms with Crippen LogP contribution in [0.5, 0.6) is 0 Å². The summed E-state index contributed by atoms with van der Waals surface area (Å²) in [7, 11) is 0. The number of hydrogen-bond acceptors (Lipinski definition) is 4. The van der Waals surface area contributed by atoms with Gasteiger partial charge < -0.3 is 14.9 Å². The SMILES string of the molecule is CC1CCC(C(C)C)C(OC(=O)[C@@H](O)CO)C1. The highest BCUT2D eigenvalue weighted by Gasteiger charge is 2.34. The van der Waals surface area contributed by atoms with Gasteiger partial charge in [0.15, 0.2) is 6.10 Å². The lowest BCUT2D eigenvalue weighted by molar-refractivity contribution is -0.167. The predicted molar refractivity (Wildman–Crippen MR) is 64.3 cm³/mol. The molecule has 3 unspecified atom stereocenters. The highest BCUT2D eigenvalue weighted by atomic mass is 16.6. The topological polar surface area (TPSA) is 66.8 Å². The van der Waals surface area contributed by atoms with Crippen LogP contribution in [0, 0.1) is 17.8 Å². The summed E-state index contributed by atoms with van der Waals surface area (Å²) in [5.74, 6) is 0.680. The number of esters is 1. The Morgan fingerprint density at radius 1 is 1.41 bits per heavy atom. The Bertz CT molecular complexity index is 252. The van der Waals surface area contributed by atoms with Gasteiger partial charge in [0.1, 0.15) is 6.10 Å². The van der Waals surface area contributed by atoms with Crippen molar-refractivity contribution in [2.24, 2.45) is 17.8 Å². The second kappa shape index (κ2) is 6.36. The van der Waals surface area contributed by atoms with Gasteiger partial charge in [-0.1, -0.05) is 27.2 Å². The summed E-state index contributed by atoms with van der Waals surface area (Å²) in [6.07, 6.45) is 1.56. The van der Waals surface area contributed by atoms with Gasteiger partial charge >= 0.3 is 5.97 Å². The Hall–Kier alpha value is -0.610. The van der Waals surface area contributed by atoms with Crippen molar-refractivity contribution >= 4 is 5.97 Å². The van der Waals surface area contributed by atoms with Crippen LogP contribution in [0.2, 0.25) is 0 Å². The average Bonchev–Trinajstić information content (AvgIpc) is 2.27. The van der Waals surface area contributed by atoms with E-state index in [1.54, 1.807) is 0 Å². The summed E-state index contributed by atoms with van der Waals surface area (Å²) < 4.78 is 5.34. The molecule has 1 fully saturated rings. The van der Waals surface area contributed by atoms with Gasteiger partial charge in [-0.05, 0) is 30.6 Å². The predicted octanol–water partition coefficient (Wildman–Crippen LogP) is 1.34. The van der Waals surface area contributed by atoms with Gasteiger partial charge in [-0.2, -0.15) is 0 Å². The zero-order valence-corrected chi connectivity index (χ0v) is 10.9. The van der Waals surface area contributed by atoms with Crippen LogP contribution in [-0.2, 0) is 9.53 Å². The lowest BCUT2D eigenvalue weighted by Crippen LogP contribution is -2.39. The normalized spacial score (nSPS) is 31.3. The second-order valence-electron chi connectivity index (χ2n) is 5.50. The van der Waals surface area contributed by atoms with Gasteiger partial charge in [-0.25, -0.2) is 4.79 Å². The highest BCUT2D eigenvalue weighted by Crippen LogP contribution is 2.35. The first kappa shape index (κ1) is 14.5. The molecule has 1 rings (SSSR count). The van der Waals surface area contributed by atoms with Gasteiger partial charge in [-0.3, -0.25) is 0 Å². The van der Waals surface area contributed by atoms with E-state index < -0.39 is 18.7 Å². The van der Waals surface area contributed by atoms with Crippen molar-refractivity contribution in [3.8, 4) is 0 Å². The van der Waals surface area contributed by atoms with Gasteiger partial charge in [0.05, 0.1) is 6.61 Å². The maximum Gasteiger partial charge on any atom is 0.337 e. The third-order valence-electron chi connectivity index (χ3n) is 3.67. The summed E-state index contributed by atoms with van der Waals surface area (Å²) >= 11 is 0. The van der Waals surface area contributed by atoms with Gasteiger partial charge in [0.2, 0.25) is 0 Å². The molecular formula is C13H24O4. The molecule has 4 atom stereocenters. The number of aliphatic hydroxyl groups excluding tert-OH is 2. The van der Waals surface area contributed by atoms with Crippen LogP contribution in [0.15, 0.2) is 0 Å². The van der Waals surface area contributed by atoms with Crippen LogP contribution in [0.1, 0.15) is 40.0 Å². The average molecular weight is 244 g/mol. The Kier molecular flexibility index (Phi) is 5.40. The van der Waals surface area contributed by atoms with Crippen LogP contribution in [0.25, 0.3) is 0 Å². The first-order valence-electron chi connectivity index (χ1n) is 6.45. The summed E-state index contributed by atoms with van der Waals surface area (Å²) in [5, 5.41) is 17.9. The Morgan fingerprint density at radius 2 is 2.06 bits per heavy atom. The highest BCUT2D eigenvalue weighted by molar-refractivity contribution is 5.74. The molecule has 1 saturated carbocycles. The van der Waals surface area contributed by atoms with Crippen molar-refractivity contribution < 1.29 is 19.7 Å². The molecule has 0 amide bonds. The minimum Gasteiger partial charge on any atom is -0.460 e. The third kappa shape index (κ3) is 3.96. The van der Waals surface area contributed by atoms with E-state index in [2.05, 4.69) is 20.8 Å². The van der Waals surface area contributed by atoms with Crippen LogP contribution in [0.3, 0.4) is 0 Å². The molecule has 0 aliphatic heterocycles. The van der Waals surface area contributed by atoms with Crippen molar-refractivity contribution in [2.75, 3.05) is 6.61 Å². The fraction of sp³-hybridized carbons (Fsp3) is 0.923. The quantitative estimate of drug-likeness (QED) is 0.732. The fourth-order valence-electron chi connectivity index (χ4n) is 2.55. The first-order valence-corrected chi connectivity index (χ1v) is 6.45. The molecule has 1 aliphatic carbocycles. The van der Waals surface area contributed by atoms with Gasteiger partial charge in [-0.15, -0.1) is 0 Å². The molecular weight excluding hydrogens is 220 g/mol. The third-order valence-corrected chi connectivity index (χ3v) is 3.67. The minimum atomic E-state index is -1.40. The van der Waals surface area contributed by atoms with E-state index in [-0.39, 0.29) is 6.10 Å². The molecule has 0 saturated heterocycles. The number of carbonyl (C=O) groups excluding carboxylic acids is 1. The smallest absolute Gasteiger partial charge is 0.337 e. The number of aliphatic hydroxyl groups is 2. The van der Waals surface area contributed by atoms with E-state index in [4.69, 9.17) is 9.84 Å². The Balaban J connectivity index is 2.60. The van der Waals surface area contributed by atoms with Crippen molar-refractivity contribution in [2.45, 2.75) is 52.2 Å². The molecule has 0 aromatic carbocycles. The molecule has 0 aromatic rings. The lowest BCUT2D eigenvalue weighted by Gasteiger charge is -2.36. The molecule has 0 heterocycles. The van der Waals surface area contributed by atoms with Crippen LogP contribution >= 0.6 is 0 Å². The van der Waals surface area contributed by atoms with E-state index in [0.29, 0.717) is 17.8 Å². The summed E-state index contributed by atoms with van der Waals surface area (Å²) in [6.45, 7) is 5.83. The number of carbonyl (C=O) groups is 1. The zero-order chi connectivity index (χ0) is 13.0. The Morgan fingerprint density at radius 3 is 2.59 bits per heavy atom. The lowest BCUT2D eigenvalue weighted by atomic mass is 9.75. The molecule has 0 bridgehead atoms. The van der Waals surface area contributed by atoms with Crippen molar-refractivity contribution in [3.05, 3.63) is 0 Å². The first-order chi connectivity index (χ1) is 7.95.